The minimum Gasteiger partial charge on any atom is -0.351 e. The Balaban J connectivity index is 1.36. The van der Waals surface area contributed by atoms with Crippen LogP contribution in [-0.2, 0) is 4.79 Å². The van der Waals surface area contributed by atoms with Gasteiger partial charge in [0.05, 0.1) is 10.8 Å². The van der Waals surface area contributed by atoms with E-state index in [1.807, 2.05) is 0 Å². The molecular weight excluding hydrogens is 467 g/mol. The van der Waals surface area contributed by atoms with Crippen molar-refractivity contribution in [3.63, 3.8) is 0 Å². The Kier molecular flexibility index (Phi) is 7.92. The maximum Gasteiger partial charge on any atom is 0.269 e. The zero-order chi connectivity index (χ0) is 25.7. The summed E-state index contributed by atoms with van der Waals surface area (Å²) in [5.74, 6) is -1.51. The third kappa shape index (κ3) is 6.05. The van der Waals surface area contributed by atoms with Gasteiger partial charge in [-0.3, -0.25) is 24.5 Å². The highest BCUT2D eigenvalue weighted by atomic mass is 19.1. The van der Waals surface area contributed by atoms with E-state index >= 15 is 0 Å². The summed E-state index contributed by atoms with van der Waals surface area (Å²) in [6, 6.07) is 10.3. The molecule has 0 bridgehead atoms. The maximum atomic E-state index is 13.2. The molecule has 4 rings (SSSR count). The van der Waals surface area contributed by atoms with Crippen LogP contribution in [0.5, 0.6) is 0 Å². The van der Waals surface area contributed by atoms with Crippen LogP contribution < -0.4 is 10.6 Å². The number of rotatable bonds is 6. The molecule has 1 saturated heterocycles. The third-order valence-corrected chi connectivity index (χ3v) is 6.92. The number of carbonyl (C=O) groups excluding carboxylic acids is 3. The van der Waals surface area contributed by atoms with E-state index in [1.54, 1.807) is 4.90 Å². The first-order valence-electron chi connectivity index (χ1n) is 12.2. The van der Waals surface area contributed by atoms with Crippen molar-refractivity contribution in [2.45, 2.75) is 50.6 Å². The van der Waals surface area contributed by atoms with Crippen molar-refractivity contribution >= 4 is 23.4 Å². The highest BCUT2D eigenvalue weighted by molar-refractivity contribution is 5.95. The van der Waals surface area contributed by atoms with Gasteiger partial charge in [-0.2, -0.15) is 0 Å². The Morgan fingerprint density at radius 3 is 2.11 bits per heavy atom. The number of amides is 3. The number of likely N-dealkylation sites (tertiary alicyclic amines) is 1. The summed E-state index contributed by atoms with van der Waals surface area (Å²) in [6.45, 7) is 0.778. The number of piperidine rings is 1. The quantitative estimate of drug-likeness (QED) is 0.469. The first-order valence-corrected chi connectivity index (χ1v) is 12.2. The summed E-state index contributed by atoms with van der Waals surface area (Å²) in [4.78, 5) is 50.7. The van der Waals surface area contributed by atoms with Crippen LogP contribution in [0.25, 0.3) is 0 Å². The van der Waals surface area contributed by atoms with Crippen LogP contribution >= 0.6 is 0 Å². The second kappa shape index (κ2) is 11.3. The van der Waals surface area contributed by atoms with Crippen LogP contribution in [0.3, 0.4) is 0 Å². The van der Waals surface area contributed by atoms with Crippen LogP contribution in [0.15, 0.2) is 48.5 Å². The Bertz CT molecular complexity index is 1120. The van der Waals surface area contributed by atoms with Crippen molar-refractivity contribution in [3.8, 4) is 0 Å². The summed E-state index contributed by atoms with van der Waals surface area (Å²) < 4.78 is 13.2. The monoisotopic (exact) mass is 496 g/mol. The number of hydrogen-bond acceptors (Lipinski definition) is 5. The first kappa shape index (κ1) is 25.3. The van der Waals surface area contributed by atoms with Crippen LogP contribution in [0.2, 0.25) is 0 Å². The summed E-state index contributed by atoms with van der Waals surface area (Å²) in [7, 11) is 0. The molecule has 2 aliphatic rings. The fourth-order valence-corrected chi connectivity index (χ4v) is 4.91. The average molecular weight is 497 g/mol. The number of nitrogens with zero attached hydrogens (tertiary/aromatic N) is 2. The van der Waals surface area contributed by atoms with E-state index in [4.69, 9.17) is 0 Å². The van der Waals surface area contributed by atoms with Gasteiger partial charge in [0.2, 0.25) is 5.91 Å². The minimum absolute atomic E-state index is 0.0870. The summed E-state index contributed by atoms with van der Waals surface area (Å²) in [6.07, 6.45) is 4.65. The molecule has 190 valence electrons. The highest BCUT2D eigenvalue weighted by Crippen LogP contribution is 2.23. The first-order chi connectivity index (χ1) is 17.3. The molecule has 1 aliphatic heterocycles. The summed E-state index contributed by atoms with van der Waals surface area (Å²) in [5.41, 5.74) is 0.619. The van der Waals surface area contributed by atoms with Gasteiger partial charge < -0.3 is 15.5 Å². The number of benzene rings is 2. The molecule has 3 amide bonds. The van der Waals surface area contributed by atoms with Crippen LogP contribution in [0, 0.1) is 21.8 Å². The van der Waals surface area contributed by atoms with Crippen molar-refractivity contribution in [1.29, 1.82) is 0 Å². The highest BCUT2D eigenvalue weighted by Gasteiger charge is 2.33. The number of hydrogen-bond donors (Lipinski definition) is 2. The molecule has 2 aromatic carbocycles. The van der Waals surface area contributed by atoms with Gasteiger partial charge in [0, 0.05) is 48.4 Å². The zero-order valence-corrected chi connectivity index (χ0v) is 19.8. The standard InChI is InChI=1S/C26H29FN4O5/c27-20-11-7-17(8-12-20)24(32)28-22-5-1-2-6-23(22)29-25(33)19-4-3-15-30(16-19)26(34)18-9-13-21(14-10-18)31(35)36/h7-14,19,22-23H,1-6,15-16H2,(H,28,32)(H,29,33)/t19?,22-,23?/m1/s1. The molecule has 10 heteroatoms. The van der Waals surface area contributed by atoms with Gasteiger partial charge in [-0.15, -0.1) is 0 Å². The molecule has 2 unspecified atom stereocenters. The van der Waals surface area contributed by atoms with Crippen molar-refractivity contribution < 1.29 is 23.7 Å². The Labute approximate surface area is 208 Å². The number of nitrogens with one attached hydrogen (secondary N) is 2. The summed E-state index contributed by atoms with van der Waals surface area (Å²) >= 11 is 0. The average Bonchev–Trinajstić information content (AvgIpc) is 2.89. The second-order valence-corrected chi connectivity index (χ2v) is 9.38. The number of nitro groups is 1. The predicted molar refractivity (Wildman–Crippen MR) is 130 cm³/mol. The lowest BCUT2D eigenvalue weighted by molar-refractivity contribution is -0.384. The molecule has 3 atom stereocenters. The lowest BCUT2D eigenvalue weighted by Crippen LogP contribution is -2.55. The largest absolute Gasteiger partial charge is 0.351 e. The molecule has 1 aliphatic carbocycles. The number of non-ortho nitro benzene ring substituents is 1. The normalized spacial score (nSPS) is 21.9. The van der Waals surface area contributed by atoms with E-state index in [9.17, 15) is 28.9 Å². The van der Waals surface area contributed by atoms with Crippen LogP contribution in [0.4, 0.5) is 10.1 Å². The van der Waals surface area contributed by atoms with E-state index < -0.39 is 10.7 Å². The van der Waals surface area contributed by atoms with E-state index in [-0.39, 0.29) is 48.0 Å². The van der Waals surface area contributed by atoms with E-state index in [0.29, 0.717) is 30.5 Å². The zero-order valence-electron chi connectivity index (χ0n) is 19.8. The Morgan fingerprint density at radius 1 is 0.861 bits per heavy atom. The van der Waals surface area contributed by atoms with E-state index in [0.717, 1.165) is 25.7 Å². The third-order valence-electron chi connectivity index (χ3n) is 6.92. The van der Waals surface area contributed by atoms with E-state index in [1.165, 1.54) is 48.5 Å². The van der Waals surface area contributed by atoms with Crippen molar-refractivity contribution in [2.24, 2.45) is 5.92 Å². The Morgan fingerprint density at radius 2 is 1.47 bits per heavy atom. The van der Waals surface area contributed by atoms with Crippen molar-refractivity contribution in [3.05, 3.63) is 75.6 Å². The molecule has 1 heterocycles. The molecule has 2 N–H and O–H groups in total. The predicted octanol–water partition coefficient (Wildman–Crippen LogP) is 3.44. The van der Waals surface area contributed by atoms with Gasteiger partial charge in [-0.1, -0.05) is 12.8 Å². The number of halogens is 1. The lowest BCUT2D eigenvalue weighted by atomic mass is 9.88. The molecule has 2 aromatic rings. The molecule has 36 heavy (non-hydrogen) atoms. The van der Waals surface area contributed by atoms with Gasteiger partial charge in [0.1, 0.15) is 5.82 Å². The molecule has 0 spiro atoms. The SMILES string of the molecule is O=C(N[C@@H]1CCCCC1NC(=O)C1CCCN(C(=O)c2ccc([N+](=O)[O-])cc2)C1)c1ccc(F)cc1. The number of nitro benzene ring substituents is 1. The molecule has 9 nitrogen and oxygen atoms in total. The summed E-state index contributed by atoms with van der Waals surface area (Å²) in [5, 5.41) is 16.9. The molecule has 1 saturated carbocycles. The lowest BCUT2D eigenvalue weighted by Gasteiger charge is -2.36. The maximum absolute atomic E-state index is 13.2. The topological polar surface area (TPSA) is 122 Å². The van der Waals surface area contributed by atoms with E-state index in [2.05, 4.69) is 10.6 Å². The number of carbonyl (C=O) groups is 3. The van der Waals surface area contributed by atoms with Crippen molar-refractivity contribution in [1.82, 2.24) is 15.5 Å². The van der Waals surface area contributed by atoms with Gasteiger partial charge >= 0.3 is 0 Å². The van der Waals surface area contributed by atoms with Crippen LogP contribution in [-0.4, -0.2) is 52.7 Å². The Hall–Kier alpha value is -3.82. The molecule has 0 aromatic heterocycles. The second-order valence-electron chi connectivity index (χ2n) is 9.38. The van der Waals surface area contributed by atoms with Crippen molar-refractivity contribution in [2.75, 3.05) is 13.1 Å². The fraction of sp³-hybridized carbons (Fsp3) is 0.423. The minimum atomic E-state index is -0.518. The van der Waals surface area contributed by atoms with Gasteiger partial charge in [0.15, 0.2) is 0 Å². The molecular formula is C26H29FN4O5. The van der Waals surface area contributed by atoms with Crippen LogP contribution in [0.1, 0.15) is 59.2 Å². The molecule has 2 fully saturated rings. The smallest absolute Gasteiger partial charge is 0.269 e. The molecule has 0 radical (unpaired) electrons. The van der Waals surface area contributed by atoms with Gasteiger partial charge in [0.25, 0.3) is 17.5 Å². The van der Waals surface area contributed by atoms with Gasteiger partial charge in [-0.05, 0) is 62.1 Å². The fourth-order valence-electron chi connectivity index (χ4n) is 4.91. The van der Waals surface area contributed by atoms with Gasteiger partial charge in [-0.25, -0.2) is 4.39 Å².